The SMILES string of the molecule is CC1CCC(NC(=O)CNC(=O)c2ccccc2Cl)CC1. The lowest BCUT2D eigenvalue weighted by Crippen LogP contribution is -2.43. The average Bonchev–Trinajstić information content (AvgIpc) is 2.48. The van der Waals surface area contributed by atoms with Crippen molar-refractivity contribution in [2.75, 3.05) is 6.54 Å². The number of rotatable bonds is 4. The highest BCUT2D eigenvalue weighted by Crippen LogP contribution is 2.23. The molecule has 2 amide bonds. The molecule has 1 aliphatic carbocycles. The van der Waals surface area contributed by atoms with Crippen molar-refractivity contribution in [3.05, 3.63) is 34.9 Å². The Morgan fingerprint density at radius 2 is 1.86 bits per heavy atom. The van der Waals surface area contributed by atoms with Crippen molar-refractivity contribution in [1.82, 2.24) is 10.6 Å². The maximum Gasteiger partial charge on any atom is 0.253 e. The topological polar surface area (TPSA) is 58.2 Å². The van der Waals surface area contributed by atoms with E-state index in [1.165, 1.54) is 0 Å². The summed E-state index contributed by atoms with van der Waals surface area (Å²) >= 11 is 5.94. The first-order valence-corrected chi connectivity index (χ1v) is 7.76. The lowest BCUT2D eigenvalue weighted by Gasteiger charge is -2.26. The van der Waals surface area contributed by atoms with Gasteiger partial charge in [-0.1, -0.05) is 30.7 Å². The Hall–Kier alpha value is -1.55. The third kappa shape index (κ3) is 4.74. The van der Waals surface area contributed by atoms with E-state index in [1.807, 2.05) is 0 Å². The van der Waals surface area contributed by atoms with Crippen molar-refractivity contribution in [2.45, 2.75) is 38.6 Å². The maximum absolute atomic E-state index is 11.9. The molecule has 5 heteroatoms. The molecule has 0 saturated heterocycles. The van der Waals surface area contributed by atoms with Crippen molar-refractivity contribution in [1.29, 1.82) is 0 Å². The first-order chi connectivity index (χ1) is 10.1. The summed E-state index contributed by atoms with van der Waals surface area (Å²) in [5.74, 6) is 0.279. The molecular formula is C16H21ClN2O2. The second-order valence-corrected chi connectivity index (χ2v) is 6.09. The molecule has 2 N–H and O–H groups in total. The summed E-state index contributed by atoms with van der Waals surface area (Å²) in [5, 5.41) is 5.96. The number of amides is 2. The van der Waals surface area contributed by atoms with Crippen molar-refractivity contribution in [3.63, 3.8) is 0 Å². The summed E-state index contributed by atoms with van der Waals surface area (Å²) < 4.78 is 0. The number of carbonyl (C=O) groups is 2. The summed E-state index contributed by atoms with van der Waals surface area (Å²) in [6.45, 7) is 2.22. The van der Waals surface area contributed by atoms with E-state index in [2.05, 4.69) is 17.6 Å². The first-order valence-electron chi connectivity index (χ1n) is 7.38. The highest BCUT2D eigenvalue weighted by molar-refractivity contribution is 6.33. The molecule has 21 heavy (non-hydrogen) atoms. The van der Waals surface area contributed by atoms with E-state index in [0.29, 0.717) is 10.6 Å². The molecule has 0 aliphatic heterocycles. The van der Waals surface area contributed by atoms with Gasteiger partial charge < -0.3 is 10.6 Å². The second kappa shape index (κ2) is 7.46. The van der Waals surface area contributed by atoms with Crippen LogP contribution in [0.5, 0.6) is 0 Å². The second-order valence-electron chi connectivity index (χ2n) is 5.69. The van der Waals surface area contributed by atoms with Crippen molar-refractivity contribution in [3.8, 4) is 0 Å². The van der Waals surface area contributed by atoms with Gasteiger partial charge in [-0.25, -0.2) is 0 Å². The fourth-order valence-corrected chi connectivity index (χ4v) is 2.81. The van der Waals surface area contributed by atoms with Crippen LogP contribution in [-0.4, -0.2) is 24.4 Å². The van der Waals surface area contributed by atoms with Crippen LogP contribution in [0, 0.1) is 5.92 Å². The van der Waals surface area contributed by atoms with Gasteiger partial charge in [0.1, 0.15) is 0 Å². The number of benzene rings is 1. The highest BCUT2D eigenvalue weighted by atomic mass is 35.5. The van der Waals surface area contributed by atoms with Gasteiger partial charge in [0.25, 0.3) is 5.91 Å². The van der Waals surface area contributed by atoms with Crippen LogP contribution in [0.25, 0.3) is 0 Å². The minimum absolute atomic E-state index is 0.0177. The normalized spacial score (nSPS) is 21.6. The Labute approximate surface area is 130 Å². The number of hydrogen-bond acceptors (Lipinski definition) is 2. The molecule has 114 valence electrons. The van der Waals surface area contributed by atoms with Crippen LogP contribution in [0.4, 0.5) is 0 Å². The fraction of sp³-hybridized carbons (Fsp3) is 0.500. The van der Waals surface area contributed by atoms with E-state index >= 15 is 0 Å². The monoisotopic (exact) mass is 308 g/mol. The zero-order chi connectivity index (χ0) is 15.2. The number of hydrogen-bond donors (Lipinski definition) is 2. The van der Waals surface area contributed by atoms with Crippen LogP contribution in [0.15, 0.2) is 24.3 Å². The molecule has 1 saturated carbocycles. The Bertz CT molecular complexity index is 511. The molecule has 0 atom stereocenters. The van der Waals surface area contributed by atoms with Gasteiger partial charge >= 0.3 is 0 Å². The van der Waals surface area contributed by atoms with Crippen LogP contribution < -0.4 is 10.6 Å². The van der Waals surface area contributed by atoms with Gasteiger partial charge in [0.2, 0.25) is 5.91 Å². The number of carbonyl (C=O) groups excluding carboxylic acids is 2. The zero-order valence-corrected chi connectivity index (χ0v) is 13.0. The van der Waals surface area contributed by atoms with Gasteiger partial charge in [0, 0.05) is 6.04 Å². The molecule has 0 spiro atoms. The maximum atomic E-state index is 11.9. The van der Waals surface area contributed by atoms with Crippen LogP contribution in [0.3, 0.4) is 0 Å². The van der Waals surface area contributed by atoms with Crippen molar-refractivity contribution < 1.29 is 9.59 Å². The van der Waals surface area contributed by atoms with E-state index in [0.717, 1.165) is 31.6 Å². The molecule has 1 aliphatic rings. The summed E-state index contributed by atoms with van der Waals surface area (Å²) in [5.41, 5.74) is 0.387. The Balaban J connectivity index is 1.76. The predicted octanol–water partition coefficient (Wildman–Crippen LogP) is 2.76. The predicted molar refractivity (Wildman–Crippen MR) is 83.3 cm³/mol. The van der Waals surface area contributed by atoms with Gasteiger partial charge in [-0.15, -0.1) is 0 Å². The first kappa shape index (κ1) is 15.8. The Morgan fingerprint density at radius 3 is 2.52 bits per heavy atom. The van der Waals surface area contributed by atoms with Gasteiger partial charge in [0.05, 0.1) is 17.1 Å². The Kier molecular flexibility index (Phi) is 5.62. The van der Waals surface area contributed by atoms with E-state index < -0.39 is 0 Å². The van der Waals surface area contributed by atoms with Crippen LogP contribution in [-0.2, 0) is 4.79 Å². The van der Waals surface area contributed by atoms with Crippen molar-refractivity contribution >= 4 is 23.4 Å². The fourth-order valence-electron chi connectivity index (χ4n) is 2.58. The molecule has 1 aromatic carbocycles. The third-order valence-electron chi connectivity index (χ3n) is 3.91. The minimum Gasteiger partial charge on any atom is -0.352 e. The smallest absolute Gasteiger partial charge is 0.253 e. The van der Waals surface area contributed by atoms with Crippen LogP contribution >= 0.6 is 11.6 Å². The lowest BCUT2D eigenvalue weighted by atomic mass is 9.87. The van der Waals surface area contributed by atoms with E-state index in [-0.39, 0.29) is 24.4 Å². The quantitative estimate of drug-likeness (QED) is 0.898. The van der Waals surface area contributed by atoms with E-state index in [9.17, 15) is 9.59 Å². The summed E-state index contributed by atoms with van der Waals surface area (Å²) in [4.78, 5) is 23.8. The molecule has 0 unspecified atom stereocenters. The highest BCUT2D eigenvalue weighted by Gasteiger charge is 2.20. The van der Waals surface area contributed by atoms with E-state index in [4.69, 9.17) is 11.6 Å². The van der Waals surface area contributed by atoms with Gasteiger partial charge in [-0.2, -0.15) is 0 Å². The lowest BCUT2D eigenvalue weighted by molar-refractivity contribution is -0.121. The molecule has 0 radical (unpaired) electrons. The van der Waals surface area contributed by atoms with Gasteiger partial charge in [-0.05, 0) is 43.7 Å². The Morgan fingerprint density at radius 1 is 1.19 bits per heavy atom. The minimum atomic E-state index is -0.326. The molecule has 1 fully saturated rings. The van der Waals surface area contributed by atoms with Crippen LogP contribution in [0.1, 0.15) is 43.0 Å². The summed E-state index contributed by atoms with van der Waals surface area (Å²) in [7, 11) is 0. The molecule has 0 aromatic heterocycles. The standard InChI is InChI=1S/C16H21ClN2O2/c1-11-6-8-12(9-7-11)19-15(20)10-18-16(21)13-4-2-3-5-14(13)17/h2-5,11-12H,6-10H2,1H3,(H,18,21)(H,19,20). The molecule has 0 bridgehead atoms. The average molecular weight is 309 g/mol. The van der Waals surface area contributed by atoms with Gasteiger partial charge in [0.15, 0.2) is 0 Å². The molecule has 2 rings (SSSR count). The summed E-state index contributed by atoms with van der Waals surface area (Å²) in [6, 6.07) is 7.03. The molecule has 1 aromatic rings. The number of halogens is 1. The summed E-state index contributed by atoms with van der Waals surface area (Å²) in [6.07, 6.45) is 4.34. The molecule has 0 heterocycles. The largest absolute Gasteiger partial charge is 0.352 e. The molecule has 4 nitrogen and oxygen atoms in total. The zero-order valence-electron chi connectivity index (χ0n) is 12.2. The van der Waals surface area contributed by atoms with Crippen LogP contribution in [0.2, 0.25) is 5.02 Å². The molecular weight excluding hydrogens is 288 g/mol. The van der Waals surface area contributed by atoms with Crippen molar-refractivity contribution in [2.24, 2.45) is 5.92 Å². The number of nitrogens with one attached hydrogen (secondary N) is 2. The van der Waals surface area contributed by atoms with Gasteiger partial charge in [-0.3, -0.25) is 9.59 Å². The third-order valence-corrected chi connectivity index (χ3v) is 4.24. The van der Waals surface area contributed by atoms with E-state index in [1.54, 1.807) is 24.3 Å².